The molecule has 1 saturated carbocycles. The monoisotopic (exact) mass is 255 g/mol. The van der Waals surface area contributed by atoms with E-state index in [-0.39, 0.29) is 11.3 Å². The first-order chi connectivity index (χ1) is 9.25. The number of hydrogen-bond acceptors (Lipinski definition) is 2. The molecule has 3 heteroatoms. The zero-order valence-electron chi connectivity index (χ0n) is 10.5. The molecule has 0 spiro atoms. The van der Waals surface area contributed by atoms with Gasteiger partial charge in [-0.25, -0.2) is 4.39 Å². The van der Waals surface area contributed by atoms with Gasteiger partial charge in [-0.15, -0.1) is 0 Å². The molecule has 0 unspecified atom stereocenters. The molecule has 0 saturated heterocycles. The van der Waals surface area contributed by atoms with Crippen molar-refractivity contribution < 1.29 is 9.18 Å². The van der Waals surface area contributed by atoms with Gasteiger partial charge in [-0.2, -0.15) is 0 Å². The van der Waals surface area contributed by atoms with Gasteiger partial charge in [-0.1, -0.05) is 30.7 Å². The second-order valence-corrected chi connectivity index (χ2v) is 4.93. The number of carbonyl (C=O) groups excluding carboxylic acids is 1. The summed E-state index contributed by atoms with van der Waals surface area (Å²) in [7, 11) is 0. The van der Waals surface area contributed by atoms with Gasteiger partial charge in [-0.3, -0.25) is 9.78 Å². The van der Waals surface area contributed by atoms with Crippen LogP contribution in [0, 0.1) is 5.82 Å². The van der Waals surface area contributed by atoms with Gasteiger partial charge >= 0.3 is 0 Å². The standard InChI is InChI=1S/C16H14FNO/c17-15-10-18-9-8-14(15)16(19)13-6-4-12(5-7-13)11-2-1-3-11/h4-11H,1-3H2. The summed E-state index contributed by atoms with van der Waals surface area (Å²) in [5, 5.41) is 0. The molecule has 0 radical (unpaired) electrons. The van der Waals surface area contributed by atoms with Gasteiger partial charge in [0.2, 0.25) is 0 Å². The normalized spacial score (nSPS) is 15.0. The highest BCUT2D eigenvalue weighted by molar-refractivity contribution is 6.09. The predicted molar refractivity (Wildman–Crippen MR) is 70.7 cm³/mol. The van der Waals surface area contributed by atoms with Crippen LogP contribution >= 0.6 is 0 Å². The predicted octanol–water partition coefficient (Wildman–Crippen LogP) is 3.72. The Balaban J connectivity index is 1.86. The lowest BCUT2D eigenvalue weighted by molar-refractivity contribution is 0.103. The van der Waals surface area contributed by atoms with Gasteiger partial charge in [0.15, 0.2) is 11.6 Å². The molecule has 2 aromatic rings. The molecule has 1 heterocycles. The third-order valence-corrected chi connectivity index (χ3v) is 3.77. The second kappa shape index (κ2) is 4.92. The van der Waals surface area contributed by atoms with E-state index in [1.54, 1.807) is 12.1 Å². The number of benzene rings is 1. The van der Waals surface area contributed by atoms with Crippen molar-refractivity contribution in [2.45, 2.75) is 25.2 Å². The first-order valence-electron chi connectivity index (χ1n) is 6.50. The van der Waals surface area contributed by atoms with Crippen molar-refractivity contribution in [3.8, 4) is 0 Å². The Kier molecular flexibility index (Phi) is 3.11. The molecule has 19 heavy (non-hydrogen) atoms. The van der Waals surface area contributed by atoms with Crippen LogP contribution in [0.15, 0.2) is 42.7 Å². The molecular weight excluding hydrogens is 241 g/mol. The summed E-state index contributed by atoms with van der Waals surface area (Å²) in [6.45, 7) is 0. The zero-order chi connectivity index (χ0) is 13.2. The molecule has 96 valence electrons. The van der Waals surface area contributed by atoms with E-state index >= 15 is 0 Å². The maximum absolute atomic E-state index is 13.5. The Bertz CT molecular complexity index is 602. The van der Waals surface area contributed by atoms with E-state index in [2.05, 4.69) is 4.98 Å². The lowest BCUT2D eigenvalue weighted by Crippen LogP contribution is -2.09. The van der Waals surface area contributed by atoms with Crippen molar-refractivity contribution in [2.24, 2.45) is 0 Å². The van der Waals surface area contributed by atoms with E-state index in [4.69, 9.17) is 0 Å². The van der Waals surface area contributed by atoms with Gasteiger partial charge in [0.1, 0.15) is 0 Å². The van der Waals surface area contributed by atoms with Gasteiger partial charge in [-0.05, 0) is 30.4 Å². The van der Waals surface area contributed by atoms with Crippen LogP contribution in [0.5, 0.6) is 0 Å². The van der Waals surface area contributed by atoms with Crippen molar-refractivity contribution in [3.63, 3.8) is 0 Å². The van der Waals surface area contributed by atoms with E-state index in [0.717, 1.165) is 6.20 Å². The Hall–Kier alpha value is -2.03. The highest BCUT2D eigenvalue weighted by Gasteiger charge is 2.20. The number of rotatable bonds is 3. The van der Waals surface area contributed by atoms with E-state index in [9.17, 15) is 9.18 Å². The maximum Gasteiger partial charge on any atom is 0.196 e. The van der Waals surface area contributed by atoms with E-state index in [1.165, 1.54) is 37.1 Å². The summed E-state index contributed by atoms with van der Waals surface area (Å²) < 4.78 is 13.5. The van der Waals surface area contributed by atoms with Crippen molar-refractivity contribution in [3.05, 3.63) is 65.2 Å². The minimum absolute atomic E-state index is 0.0754. The van der Waals surface area contributed by atoms with Crippen LogP contribution in [-0.4, -0.2) is 10.8 Å². The molecule has 3 rings (SSSR count). The summed E-state index contributed by atoms with van der Waals surface area (Å²) in [6.07, 6.45) is 6.24. The first kappa shape index (κ1) is 12.0. The smallest absolute Gasteiger partial charge is 0.196 e. The number of ketones is 1. The first-order valence-corrected chi connectivity index (χ1v) is 6.50. The second-order valence-electron chi connectivity index (χ2n) is 4.93. The van der Waals surface area contributed by atoms with E-state index in [1.807, 2.05) is 12.1 Å². The highest BCUT2D eigenvalue weighted by Crippen LogP contribution is 2.36. The van der Waals surface area contributed by atoms with E-state index in [0.29, 0.717) is 11.5 Å². The fraction of sp³-hybridized carbons (Fsp3) is 0.250. The van der Waals surface area contributed by atoms with Gasteiger partial charge < -0.3 is 0 Å². The van der Waals surface area contributed by atoms with Crippen molar-refractivity contribution >= 4 is 5.78 Å². The maximum atomic E-state index is 13.5. The molecule has 0 N–H and O–H groups in total. The number of pyridine rings is 1. The molecule has 1 aromatic heterocycles. The summed E-state index contributed by atoms with van der Waals surface area (Å²) in [4.78, 5) is 15.8. The molecule has 0 atom stereocenters. The van der Waals surface area contributed by atoms with Crippen LogP contribution < -0.4 is 0 Å². The molecule has 0 bridgehead atoms. The Morgan fingerprint density at radius 1 is 1.16 bits per heavy atom. The molecule has 0 aliphatic heterocycles. The van der Waals surface area contributed by atoms with Crippen LogP contribution in [0.2, 0.25) is 0 Å². The van der Waals surface area contributed by atoms with Gasteiger partial charge in [0.05, 0.1) is 11.8 Å². The Labute approximate surface area is 111 Å². The summed E-state index contributed by atoms with van der Waals surface area (Å²) in [5.74, 6) is -0.225. The molecule has 2 nitrogen and oxygen atoms in total. The molecule has 1 fully saturated rings. The Morgan fingerprint density at radius 3 is 2.47 bits per heavy atom. The van der Waals surface area contributed by atoms with Gasteiger partial charge in [0.25, 0.3) is 0 Å². The van der Waals surface area contributed by atoms with Crippen molar-refractivity contribution in [2.75, 3.05) is 0 Å². The number of halogens is 1. The number of aromatic nitrogens is 1. The average molecular weight is 255 g/mol. The average Bonchev–Trinajstić information content (AvgIpc) is 2.37. The quantitative estimate of drug-likeness (QED) is 0.782. The molecule has 1 aliphatic carbocycles. The molecule has 0 amide bonds. The van der Waals surface area contributed by atoms with Crippen LogP contribution in [0.25, 0.3) is 0 Å². The van der Waals surface area contributed by atoms with Crippen molar-refractivity contribution in [1.29, 1.82) is 0 Å². The highest BCUT2D eigenvalue weighted by atomic mass is 19.1. The zero-order valence-corrected chi connectivity index (χ0v) is 10.5. The van der Waals surface area contributed by atoms with Crippen LogP contribution in [0.1, 0.15) is 46.7 Å². The lowest BCUT2D eigenvalue weighted by Gasteiger charge is -2.25. The number of nitrogens with zero attached hydrogens (tertiary/aromatic N) is 1. The fourth-order valence-corrected chi connectivity index (χ4v) is 2.36. The summed E-state index contributed by atoms with van der Waals surface area (Å²) >= 11 is 0. The third-order valence-electron chi connectivity index (χ3n) is 3.77. The van der Waals surface area contributed by atoms with Crippen LogP contribution in [0.4, 0.5) is 4.39 Å². The van der Waals surface area contributed by atoms with Crippen LogP contribution in [-0.2, 0) is 0 Å². The molecule has 1 aromatic carbocycles. The fourth-order valence-electron chi connectivity index (χ4n) is 2.36. The van der Waals surface area contributed by atoms with Crippen molar-refractivity contribution in [1.82, 2.24) is 4.98 Å². The minimum Gasteiger partial charge on any atom is -0.288 e. The summed E-state index contributed by atoms with van der Waals surface area (Å²) in [5.41, 5.74) is 1.87. The molecule has 1 aliphatic rings. The Morgan fingerprint density at radius 2 is 1.89 bits per heavy atom. The number of carbonyl (C=O) groups is 1. The van der Waals surface area contributed by atoms with Gasteiger partial charge in [0, 0.05) is 11.8 Å². The topological polar surface area (TPSA) is 30.0 Å². The SMILES string of the molecule is O=C(c1ccc(C2CCC2)cc1)c1ccncc1F. The third kappa shape index (κ3) is 2.28. The summed E-state index contributed by atoms with van der Waals surface area (Å²) in [6, 6.07) is 8.95. The van der Waals surface area contributed by atoms with Crippen LogP contribution in [0.3, 0.4) is 0 Å². The lowest BCUT2D eigenvalue weighted by atomic mass is 9.80. The number of hydrogen-bond donors (Lipinski definition) is 0. The largest absolute Gasteiger partial charge is 0.288 e. The molecular formula is C16H14FNO. The van der Waals surface area contributed by atoms with E-state index < -0.39 is 5.82 Å². The minimum atomic E-state index is -0.574.